The van der Waals surface area contributed by atoms with Gasteiger partial charge in [0.05, 0.1) is 10.7 Å². The summed E-state index contributed by atoms with van der Waals surface area (Å²) in [6.45, 7) is 2.62. The van der Waals surface area contributed by atoms with Crippen LogP contribution in [0.25, 0.3) is 0 Å². The zero-order valence-electron chi connectivity index (χ0n) is 13.2. The first kappa shape index (κ1) is 17.4. The highest BCUT2D eigenvalue weighted by Crippen LogP contribution is 2.21. The lowest BCUT2D eigenvalue weighted by Crippen LogP contribution is -2.27. The molecule has 0 aliphatic heterocycles. The number of hydrogen-bond donors (Lipinski definition) is 1. The monoisotopic (exact) mass is 334 g/mol. The number of para-hydroxylation sites is 1. The third-order valence-electron chi connectivity index (χ3n) is 3.85. The second-order valence-electron chi connectivity index (χ2n) is 5.49. The molecule has 0 aliphatic rings. The van der Waals surface area contributed by atoms with Crippen LogP contribution in [0, 0.1) is 5.82 Å². The Labute approximate surface area is 141 Å². The van der Waals surface area contributed by atoms with Gasteiger partial charge in [0, 0.05) is 19.0 Å². The van der Waals surface area contributed by atoms with Gasteiger partial charge in [-0.15, -0.1) is 0 Å². The first-order chi connectivity index (χ1) is 11.0. The Kier molecular flexibility index (Phi) is 6.13. The molecule has 0 aliphatic carbocycles. The number of anilines is 1. The predicted molar refractivity (Wildman–Crippen MR) is 92.1 cm³/mol. The van der Waals surface area contributed by atoms with Gasteiger partial charge in [-0.25, -0.2) is 4.39 Å². The maximum Gasteiger partial charge on any atom is 0.225 e. The molecule has 0 heterocycles. The molecule has 0 bridgehead atoms. The number of carbonyl (C=O) groups excluding carboxylic acids is 1. The largest absolute Gasteiger partial charge is 0.325 e. The first-order valence-electron chi connectivity index (χ1n) is 7.47. The number of halogens is 2. The van der Waals surface area contributed by atoms with Crippen molar-refractivity contribution in [2.45, 2.75) is 19.4 Å². The zero-order valence-corrected chi connectivity index (χ0v) is 14.0. The molecule has 3 nitrogen and oxygen atoms in total. The number of benzene rings is 2. The molecule has 5 heteroatoms. The van der Waals surface area contributed by atoms with Crippen LogP contribution < -0.4 is 5.32 Å². The lowest BCUT2D eigenvalue weighted by Gasteiger charge is -2.24. The third-order valence-corrected chi connectivity index (χ3v) is 4.18. The topological polar surface area (TPSA) is 32.3 Å². The molecular formula is C18H20ClFN2O. The summed E-state index contributed by atoms with van der Waals surface area (Å²) < 4.78 is 13.0. The Balaban J connectivity index is 1.86. The molecule has 122 valence electrons. The quantitative estimate of drug-likeness (QED) is 0.843. The van der Waals surface area contributed by atoms with E-state index in [1.807, 2.05) is 26.1 Å². The van der Waals surface area contributed by atoms with Gasteiger partial charge < -0.3 is 5.32 Å². The fourth-order valence-electron chi connectivity index (χ4n) is 2.24. The van der Waals surface area contributed by atoms with Crippen molar-refractivity contribution < 1.29 is 9.18 Å². The SMILES string of the molecule is CC(c1ccc(F)cc1)N(C)CCC(=O)Nc1ccccc1Cl. The summed E-state index contributed by atoms with van der Waals surface area (Å²) in [5, 5.41) is 3.33. The number of amides is 1. The van der Waals surface area contributed by atoms with Crippen LogP contribution in [-0.4, -0.2) is 24.4 Å². The van der Waals surface area contributed by atoms with Crippen LogP contribution in [0.15, 0.2) is 48.5 Å². The molecule has 0 spiro atoms. The average Bonchev–Trinajstić information content (AvgIpc) is 2.55. The summed E-state index contributed by atoms with van der Waals surface area (Å²) in [6.07, 6.45) is 0.354. The van der Waals surface area contributed by atoms with Gasteiger partial charge >= 0.3 is 0 Å². The van der Waals surface area contributed by atoms with E-state index in [1.165, 1.54) is 12.1 Å². The summed E-state index contributed by atoms with van der Waals surface area (Å²) >= 11 is 6.02. The summed E-state index contributed by atoms with van der Waals surface area (Å²) in [6, 6.07) is 13.7. The fraction of sp³-hybridized carbons (Fsp3) is 0.278. The van der Waals surface area contributed by atoms with E-state index < -0.39 is 0 Å². The number of nitrogens with one attached hydrogen (secondary N) is 1. The van der Waals surface area contributed by atoms with E-state index in [1.54, 1.807) is 24.3 Å². The maximum atomic E-state index is 13.0. The fourth-order valence-corrected chi connectivity index (χ4v) is 2.43. The van der Waals surface area contributed by atoms with E-state index in [-0.39, 0.29) is 17.8 Å². The van der Waals surface area contributed by atoms with Gasteiger partial charge in [0.15, 0.2) is 0 Å². The van der Waals surface area contributed by atoms with Crippen LogP contribution in [0.5, 0.6) is 0 Å². The molecule has 1 amide bonds. The van der Waals surface area contributed by atoms with Crippen LogP contribution in [-0.2, 0) is 4.79 Å². The molecule has 1 atom stereocenters. The van der Waals surface area contributed by atoms with E-state index in [0.29, 0.717) is 23.7 Å². The average molecular weight is 335 g/mol. The molecule has 0 saturated heterocycles. The normalized spacial score (nSPS) is 12.2. The minimum atomic E-state index is -0.247. The smallest absolute Gasteiger partial charge is 0.225 e. The molecular weight excluding hydrogens is 315 g/mol. The minimum Gasteiger partial charge on any atom is -0.325 e. The summed E-state index contributed by atoms with van der Waals surface area (Å²) in [4.78, 5) is 14.1. The van der Waals surface area contributed by atoms with E-state index in [2.05, 4.69) is 10.2 Å². The Morgan fingerprint density at radius 1 is 1.22 bits per heavy atom. The molecule has 2 aromatic rings. The van der Waals surface area contributed by atoms with E-state index in [4.69, 9.17) is 11.6 Å². The summed E-state index contributed by atoms with van der Waals surface area (Å²) in [7, 11) is 1.94. The van der Waals surface area contributed by atoms with E-state index in [0.717, 1.165) is 5.56 Å². The maximum absolute atomic E-state index is 13.0. The molecule has 23 heavy (non-hydrogen) atoms. The Morgan fingerprint density at radius 3 is 2.52 bits per heavy atom. The standard InChI is InChI=1S/C18H20ClFN2O/c1-13(14-7-9-15(20)10-8-14)22(2)12-11-18(23)21-17-6-4-3-5-16(17)19/h3-10,13H,11-12H2,1-2H3,(H,21,23). The second-order valence-corrected chi connectivity index (χ2v) is 5.89. The Hall–Kier alpha value is -1.91. The Bertz CT molecular complexity index is 660. The molecule has 1 unspecified atom stereocenters. The van der Waals surface area contributed by atoms with Gasteiger partial charge in [-0.2, -0.15) is 0 Å². The van der Waals surface area contributed by atoms with Crippen LogP contribution in [0.4, 0.5) is 10.1 Å². The third kappa shape index (κ3) is 5.05. The molecule has 2 rings (SSSR count). The lowest BCUT2D eigenvalue weighted by molar-refractivity contribution is -0.116. The number of carbonyl (C=O) groups is 1. The minimum absolute atomic E-state index is 0.0868. The van der Waals surface area contributed by atoms with Crippen molar-refractivity contribution in [2.75, 3.05) is 18.9 Å². The van der Waals surface area contributed by atoms with Gasteiger partial charge in [0.1, 0.15) is 5.82 Å². The van der Waals surface area contributed by atoms with Gasteiger partial charge in [0.25, 0.3) is 0 Å². The number of hydrogen-bond acceptors (Lipinski definition) is 2. The van der Waals surface area contributed by atoms with Gasteiger partial charge in [-0.1, -0.05) is 35.9 Å². The highest BCUT2D eigenvalue weighted by atomic mass is 35.5. The van der Waals surface area contributed by atoms with Gasteiger partial charge in [-0.05, 0) is 43.8 Å². The van der Waals surface area contributed by atoms with Crippen molar-refractivity contribution in [3.8, 4) is 0 Å². The van der Waals surface area contributed by atoms with Crippen LogP contribution in [0.1, 0.15) is 24.9 Å². The second kappa shape index (κ2) is 8.09. The van der Waals surface area contributed by atoms with Crippen LogP contribution in [0.2, 0.25) is 5.02 Å². The number of rotatable bonds is 6. The number of nitrogens with zero attached hydrogens (tertiary/aromatic N) is 1. The van der Waals surface area contributed by atoms with E-state index in [9.17, 15) is 9.18 Å². The van der Waals surface area contributed by atoms with Crippen LogP contribution in [0.3, 0.4) is 0 Å². The predicted octanol–water partition coefficient (Wildman–Crippen LogP) is 4.50. The van der Waals surface area contributed by atoms with Gasteiger partial charge in [0.2, 0.25) is 5.91 Å². The van der Waals surface area contributed by atoms with Crippen molar-refractivity contribution in [1.82, 2.24) is 4.90 Å². The van der Waals surface area contributed by atoms with E-state index >= 15 is 0 Å². The van der Waals surface area contributed by atoms with Crippen LogP contribution >= 0.6 is 11.6 Å². The Morgan fingerprint density at radius 2 is 1.87 bits per heavy atom. The highest BCUT2D eigenvalue weighted by molar-refractivity contribution is 6.33. The molecule has 0 radical (unpaired) electrons. The zero-order chi connectivity index (χ0) is 16.8. The van der Waals surface area contributed by atoms with Crippen molar-refractivity contribution in [2.24, 2.45) is 0 Å². The highest BCUT2D eigenvalue weighted by Gasteiger charge is 2.13. The van der Waals surface area contributed by atoms with Crippen molar-refractivity contribution in [3.05, 3.63) is 64.9 Å². The van der Waals surface area contributed by atoms with Crippen molar-refractivity contribution in [1.29, 1.82) is 0 Å². The van der Waals surface area contributed by atoms with Gasteiger partial charge in [-0.3, -0.25) is 9.69 Å². The van der Waals surface area contributed by atoms with Crippen molar-refractivity contribution in [3.63, 3.8) is 0 Å². The summed E-state index contributed by atoms with van der Waals surface area (Å²) in [5.41, 5.74) is 1.63. The molecule has 2 aromatic carbocycles. The summed E-state index contributed by atoms with van der Waals surface area (Å²) in [5.74, 6) is -0.334. The first-order valence-corrected chi connectivity index (χ1v) is 7.85. The lowest BCUT2D eigenvalue weighted by atomic mass is 10.1. The van der Waals surface area contributed by atoms with Crippen molar-refractivity contribution >= 4 is 23.2 Å². The molecule has 0 aromatic heterocycles. The molecule has 0 saturated carbocycles. The molecule has 1 N–H and O–H groups in total. The molecule has 0 fully saturated rings.